The lowest BCUT2D eigenvalue weighted by Crippen LogP contribution is -2.30. The van der Waals surface area contributed by atoms with Crippen LogP contribution in [0.3, 0.4) is 0 Å². The largest absolute Gasteiger partial charge is 0.481 e. The standard InChI is InChI=1S/C14H28N2O3/c1-11(7-6-8-12(2)15)14(19)16-10-5-3-4-9-13(17)18/h11-12H,3-10,15H2,1-2H3,(H,16,19)(H,17,18). The molecule has 0 aromatic carbocycles. The second kappa shape index (κ2) is 10.8. The molecule has 0 bridgehead atoms. The zero-order chi connectivity index (χ0) is 14.7. The first-order chi connectivity index (χ1) is 8.93. The lowest BCUT2D eigenvalue weighted by atomic mass is 10.0. The summed E-state index contributed by atoms with van der Waals surface area (Å²) in [5.74, 6) is -0.646. The average Bonchev–Trinajstić information content (AvgIpc) is 2.32. The van der Waals surface area contributed by atoms with Crippen molar-refractivity contribution in [2.75, 3.05) is 6.54 Å². The van der Waals surface area contributed by atoms with E-state index in [-0.39, 0.29) is 24.3 Å². The van der Waals surface area contributed by atoms with E-state index in [1.165, 1.54) is 0 Å². The van der Waals surface area contributed by atoms with E-state index in [4.69, 9.17) is 10.8 Å². The molecular weight excluding hydrogens is 244 g/mol. The van der Waals surface area contributed by atoms with E-state index in [1.807, 2.05) is 13.8 Å². The summed E-state index contributed by atoms with van der Waals surface area (Å²) in [7, 11) is 0. The molecule has 0 aliphatic heterocycles. The fraction of sp³-hybridized carbons (Fsp3) is 0.857. The molecule has 0 saturated heterocycles. The minimum atomic E-state index is -0.758. The molecule has 1 amide bonds. The van der Waals surface area contributed by atoms with E-state index in [2.05, 4.69) is 5.32 Å². The number of carbonyl (C=O) groups excluding carboxylic acids is 1. The highest BCUT2D eigenvalue weighted by Crippen LogP contribution is 2.09. The van der Waals surface area contributed by atoms with Crippen LogP contribution < -0.4 is 11.1 Å². The van der Waals surface area contributed by atoms with Gasteiger partial charge in [-0.25, -0.2) is 0 Å². The second-order valence-corrected chi connectivity index (χ2v) is 5.30. The van der Waals surface area contributed by atoms with Gasteiger partial charge in [0.2, 0.25) is 5.91 Å². The number of rotatable bonds is 11. The van der Waals surface area contributed by atoms with E-state index in [0.717, 1.165) is 32.1 Å². The van der Waals surface area contributed by atoms with E-state index in [9.17, 15) is 9.59 Å². The van der Waals surface area contributed by atoms with Crippen molar-refractivity contribution in [2.45, 2.75) is 64.8 Å². The fourth-order valence-corrected chi connectivity index (χ4v) is 1.84. The Bertz CT molecular complexity index is 267. The van der Waals surface area contributed by atoms with E-state index < -0.39 is 5.97 Å². The number of carboxylic acid groups (broad SMARTS) is 1. The van der Waals surface area contributed by atoms with Gasteiger partial charge in [-0.3, -0.25) is 9.59 Å². The lowest BCUT2D eigenvalue weighted by Gasteiger charge is -2.12. The highest BCUT2D eigenvalue weighted by Gasteiger charge is 2.11. The number of unbranched alkanes of at least 4 members (excludes halogenated alkanes) is 2. The molecule has 0 fully saturated rings. The molecule has 5 nitrogen and oxygen atoms in total. The minimum absolute atomic E-state index is 0.0257. The Morgan fingerprint density at radius 1 is 1.11 bits per heavy atom. The van der Waals surface area contributed by atoms with Gasteiger partial charge in [0.25, 0.3) is 0 Å². The second-order valence-electron chi connectivity index (χ2n) is 5.30. The molecule has 0 radical (unpaired) electrons. The summed E-state index contributed by atoms with van der Waals surface area (Å²) < 4.78 is 0. The molecule has 2 unspecified atom stereocenters. The van der Waals surface area contributed by atoms with Crippen molar-refractivity contribution in [3.63, 3.8) is 0 Å². The van der Waals surface area contributed by atoms with Crippen LogP contribution in [-0.2, 0) is 9.59 Å². The zero-order valence-electron chi connectivity index (χ0n) is 12.2. The average molecular weight is 272 g/mol. The maximum absolute atomic E-state index is 11.7. The van der Waals surface area contributed by atoms with Crippen molar-refractivity contribution in [3.8, 4) is 0 Å². The Balaban J connectivity index is 3.49. The van der Waals surface area contributed by atoms with Gasteiger partial charge in [0.05, 0.1) is 0 Å². The van der Waals surface area contributed by atoms with Gasteiger partial charge in [-0.15, -0.1) is 0 Å². The Labute approximate surface area is 115 Å². The topological polar surface area (TPSA) is 92.4 Å². The molecule has 0 rings (SSSR count). The summed E-state index contributed by atoms with van der Waals surface area (Å²) >= 11 is 0. The van der Waals surface area contributed by atoms with Gasteiger partial charge in [-0.2, -0.15) is 0 Å². The molecular formula is C14H28N2O3. The smallest absolute Gasteiger partial charge is 0.303 e. The summed E-state index contributed by atoms with van der Waals surface area (Å²) in [6.07, 6.45) is 5.36. The Morgan fingerprint density at radius 3 is 2.37 bits per heavy atom. The highest BCUT2D eigenvalue weighted by atomic mass is 16.4. The predicted octanol–water partition coefficient (Wildman–Crippen LogP) is 1.90. The number of hydrogen-bond donors (Lipinski definition) is 3. The molecule has 0 aliphatic rings. The first kappa shape index (κ1) is 17.9. The molecule has 0 aromatic rings. The molecule has 0 saturated carbocycles. The van der Waals surface area contributed by atoms with Gasteiger partial charge in [0.1, 0.15) is 0 Å². The molecule has 0 spiro atoms. The van der Waals surface area contributed by atoms with Gasteiger partial charge in [0, 0.05) is 24.9 Å². The van der Waals surface area contributed by atoms with Crippen molar-refractivity contribution in [3.05, 3.63) is 0 Å². The van der Waals surface area contributed by atoms with Gasteiger partial charge in [-0.1, -0.05) is 19.8 Å². The molecule has 4 N–H and O–H groups in total. The first-order valence-electron chi connectivity index (χ1n) is 7.18. The Hall–Kier alpha value is -1.10. The monoisotopic (exact) mass is 272 g/mol. The summed E-state index contributed by atoms with van der Waals surface area (Å²) in [5, 5.41) is 11.4. The van der Waals surface area contributed by atoms with Crippen LogP contribution in [0.25, 0.3) is 0 Å². The number of carboxylic acids is 1. The number of carbonyl (C=O) groups is 2. The Morgan fingerprint density at radius 2 is 1.79 bits per heavy atom. The third kappa shape index (κ3) is 11.7. The summed E-state index contributed by atoms with van der Waals surface area (Å²) in [6.45, 7) is 4.54. The van der Waals surface area contributed by atoms with Crippen LogP contribution in [0.2, 0.25) is 0 Å². The predicted molar refractivity (Wildman–Crippen MR) is 75.8 cm³/mol. The van der Waals surface area contributed by atoms with Crippen LogP contribution >= 0.6 is 0 Å². The normalized spacial score (nSPS) is 13.8. The maximum atomic E-state index is 11.7. The molecule has 112 valence electrons. The first-order valence-corrected chi connectivity index (χ1v) is 7.18. The van der Waals surface area contributed by atoms with Gasteiger partial charge in [0.15, 0.2) is 0 Å². The van der Waals surface area contributed by atoms with Crippen LogP contribution in [0.1, 0.15) is 58.8 Å². The number of nitrogens with one attached hydrogen (secondary N) is 1. The molecule has 0 heterocycles. The van der Waals surface area contributed by atoms with Crippen LogP contribution in [0.5, 0.6) is 0 Å². The van der Waals surface area contributed by atoms with Crippen molar-refractivity contribution in [1.29, 1.82) is 0 Å². The molecule has 0 aromatic heterocycles. The SMILES string of the molecule is CC(N)CCCC(C)C(=O)NCCCCCC(=O)O. The quantitative estimate of drug-likeness (QED) is 0.501. The third-order valence-electron chi connectivity index (χ3n) is 3.11. The van der Waals surface area contributed by atoms with Gasteiger partial charge < -0.3 is 16.2 Å². The van der Waals surface area contributed by atoms with Crippen molar-refractivity contribution >= 4 is 11.9 Å². The van der Waals surface area contributed by atoms with Crippen molar-refractivity contribution in [1.82, 2.24) is 5.32 Å². The lowest BCUT2D eigenvalue weighted by molar-refractivity contribution is -0.137. The van der Waals surface area contributed by atoms with Crippen LogP contribution in [-0.4, -0.2) is 29.6 Å². The molecule has 0 aliphatic carbocycles. The van der Waals surface area contributed by atoms with Crippen molar-refractivity contribution in [2.24, 2.45) is 11.7 Å². The number of nitrogens with two attached hydrogens (primary N) is 1. The van der Waals surface area contributed by atoms with Crippen molar-refractivity contribution < 1.29 is 14.7 Å². The Kier molecular flexibility index (Phi) is 10.2. The van der Waals surface area contributed by atoms with E-state index in [0.29, 0.717) is 13.0 Å². The van der Waals surface area contributed by atoms with E-state index in [1.54, 1.807) is 0 Å². The minimum Gasteiger partial charge on any atom is -0.481 e. The number of amides is 1. The van der Waals surface area contributed by atoms with Crippen LogP contribution in [0.15, 0.2) is 0 Å². The maximum Gasteiger partial charge on any atom is 0.303 e. The zero-order valence-corrected chi connectivity index (χ0v) is 12.2. The van der Waals surface area contributed by atoms with Crippen LogP contribution in [0, 0.1) is 5.92 Å². The molecule has 19 heavy (non-hydrogen) atoms. The molecule has 2 atom stereocenters. The van der Waals surface area contributed by atoms with Gasteiger partial charge in [-0.05, 0) is 32.6 Å². The molecule has 5 heteroatoms. The number of aliphatic carboxylic acids is 1. The van der Waals surface area contributed by atoms with Gasteiger partial charge >= 0.3 is 5.97 Å². The summed E-state index contributed by atoms with van der Waals surface area (Å²) in [6, 6.07) is 0.199. The fourth-order valence-electron chi connectivity index (χ4n) is 1.84. The van der Waals surface area contributed by atoms with Crippen LogP contribution in [0.4, 0.5) is 0 Å². The summed E-state index contributed by atoms with van der Waals surface area (Å²) in [4.78, 5) is 22.0. The highest BCUT2D eigenvalue weighted by molar-refractivity contribution is 5.78. The number of hydrogen-bond acceptors (Lipinski definition) is 3. The third-order valence-corrected chi connectivity index (χ3v) is 3.11. The van der Waals surface area contributed by atoms with E-state index >= 15 is 0 Å². The summed E-state index contributed by atoms with van der Waals surface area (Å²) in [5.41, 5.74) is 5.66.